The number of anilines is 1. The van der Waals surface area contributed by atoms with Gasteiger partial charge in [0.1, 0.15) is 16.9 Å². The van der Waals surface area contributed by atoms with Gasteiger partial charge >= 0.3 is 5.97 Å². The highest BCUT2D eigenvalue weighted by Crippen LogP contribution is 2.32. The second-order valence-electron chi connectivity index (χ2n) is 6.08. The molecule has 2 atom stereocenters. The molecule has 0 aliphatic rings. The van der Waals surface area contributed by atoms with Gasteiger partial charge in [-0.05, 0) is 25.8 Å². The van der Waals surface area contributed by atoms with Gasteiger partial charge < -0.3 is 10.1 Å². The highest BCUT2D eigenvalue weighted by atomic mass is 32.2. The minimum absolute atomic E-state index is 0.0911. The lowest BCUT2D eigenvalue weighted by Gasteiger charge is -2.18. The zero-order valence-corrected chi connectivity index (χ0v) is 16.0. The molecule has 0 heterocycles. The van der Waals surface area contributed by atoms with E-state index in [0.717, 1.165) is 11.8 Å². The van der Waals surface area contributed by atoms with Gasteiger partial charge in [-0.3, -0.25) is 9.59 Å². The summed E-state index contributed by atoms with van der Waals surface area (Å²) in [5, 5.41) is 1.82. The van der Waals surface area contributed by atoms with Crippen molar-refractivity contribution < 1.29 is 23.1 Å². The minimum atomic E-state index is -0.855. The number of rotatable bonds is 8. The number of hydrogen-bond acceptors (Lipinski definition) is 4. The number of ether oxygens (including phenoxy) is 1. The van der Waals surface area contributed by atoms with Crippen molar-refractivity contribution in [3.63, 3.8) is 0 Å². The van der Waals surface area contributed by atoms with E-state index < -0.39 is 22.9 Å². The fourth-order valence-corrected chi connectivity index (χ4v) is 2.78. The third-order valence-electron chi connectivity index (χ3n) is 3.60. The zero-order valence-electron chi connectivity index (χ0n) is 15.2. The third-order valence-corrected chi connectivity index (χ3v) is 4.98. The largest absolute Gasteiger partial charge is 0.462 e. The summed E-state index contributed by atoms with van der Waals surface area (Å²) in [5.41, 5.74) is -0.104. The first-order valence-corrected chi connectivity index (χ1v) is 9.24. The maximum absolute atomic E-state index is 14.1. The number of esters is 1. The second-order valence-corrected chi connectivity index (χ2v) is 7.32. The first-order chi connectivity index (χ1) is 11.7. The van der Waals surface area contributed by atoms with E-state index in [2.05, 4.69) is 5.32 Å². The number of benzene rings is 1. The van der Waals surface area contributed by atoms with Crippen molar-refractivity contribution in [3.8, 4) is 0 Å². The Bertz CT molecular complexity index is 623. The molecule has 140 valence electrons. The van der Waals surface area contributed by atoms with Crippen LogP contribution < -0.4 is 5.32 Å². The molecule has 0 aromatic heterocycles. The monoisotopic (exact) mass is 373 g/mol. The van der Waals surface area contributed by atoms with Crippen LogP contribution in [0.1, 0.15) is 47.5 Å². The standard InChI is InChI=1S/C18H25F2NO3S/c1-6-11(5)24-18(23)15(7-2)25-16-9-14(12(19)8-13(16)20)21-17(22)10(3)4/h8-11,15H,6-7H2,1-5H3,(H,21,22). The molecule has 0 radical (unpaired) electrons. The van der Waals surface area contributed by atoms with Crippen LogP contribution in [0, 0.1) is 17.6 Å². The van der Waals surface area contributed by atoms with Crippen LogP contribution in [0.15, 0.2) is 17.0 Å². The summed E-state index contributed by atoms with van der Waals surface area (Å²) in [4.78, 5) is 24.0. The smallest absolute Gasteiger partial charge is 0.319 e. The van der Waals surface area contributed by atoms with E-state index in [-0.39, 0.29) is 28.5 Å². The molecule has 0 saturated carbocycles. The number of carbonyl (C=O) groups is 2. The Morgan fingerprint density at radius 1 is 1.12 bits per heavy atom. The molecular weight excluding hydrogens is 348 g/mol. The van der Waals surface area contributed by atoms with E-state index in [4.69, 9.17) is 4.74 Å². The number of hydrogen-bond donors (Lipinski definition) is 1. The molecule has 0 fully saturated rings. The van der Waals surface area contributed by atoms with Gasteiger partial charge in [0, 0.05) is 16.9 Å². The summed E-state index contributed by atoms with van der Waals surface area (Å²) in [5.74, 6) is -2.77. The van der Waals surface area contributed by atoms with Crippen molar-refractivity contribution in [1.29, 1.82) is 0 Å². The lowest BCUT2D eigenvalue weighted by molar-refractivity contribution is -0.147. The Kier molecular flexibility index (Phi) is 8.35. The van der Waals surface area contributed by atoms with Crippen LogP contribution >= 0.6 is 11.8 Å². The summed E-state index contributed by atoms with van der Waals surface area (Å²) in [6.45, 7) is 8.82. The first kappa shape index (κ1) is 21.4. The van der Waals surface area contributed by atoms with Crippen molar-refractivity contribution >= 4 is 29.3 Å². The Morgan fingerprint density at radius 3 is 2.28 bits per heavy atom. The minimum Gasteiger partial charge on any atom is -0.462 e. The topological polar surface area (TPSA) is 55.4 Å². The van der Waals surface area contributed by atoms with Crippen molar-refractivity contribution in [2.24, 2.45) is 5.92 Å². The van der Waals surface area contributed by atoms with Crippen molar-refractivity contribution in [1.82, 2.24) is 0 Å². The van der Waals surface area contributed by atoms with E-state index in [0.29, 0.717) is 18.9 Å². The molecule has 1 aromatic carbocycles. The first-order valence-electron chi connectivity index (χ1n) is 8.36. The molecule has 1 N–H and O–H groups in total. The van der Waals surface area contributed by atoms with Gasteiger partial charge in [-0.1, -0.05) is 27.7 Å². The zero-order chi connectivity index (χ0) is 19.1. The van der Waals surface area contributed by atoms with Crippen molar-refractivity contribution in [2.45, 2.75) is 63.7 Å². The average Bonchev–Trinajstić information content (AvgIpc) is 2.55. The molecule has 4 nitrogen and oxygen atoms in total. The van der Waals surface area contributed by atoms with Gasteiger partial charge in [0.2, 0.25) is 5.91 Å². The fourth-order valence-electron chi connectivity index (χ4n) is 1.80. The number of thioether (sulfide) groups is 1. The van der Waals surface area contributed by atoms with Crippen LogP contribution in [-0.2, 0) is 14.3 Å². The molecule has 1 aromatic rings. The normalized spacial score (nSPS) is 13.4. The SMILES string of the molecule is CCC(C)OC(=O)C(CC)Sc1cc(NC(=O)C(C)C)c(F)cc1F. The van der Waals surface area contributed by atoms with Crippen LogP contribution in [0.3, 0.4) is 0 Å². The average molecular weight is 373 g/mol. The fraction of sp³-hybridized carbons (Fsp3) is 0.556. The third kappa shape index (κ3) is 6.30. The molecule has 25 heavy (non-hydrogen) atoms. The van der Waals surface area contributed by atoms with Gasteiger partial charge in [-0.2, -0.15) is 0 Å². The van der Waals surface area contributed by atoms with Crippen LogP contribution in [0.2, 0.25) is 0 Å². The van der Waals surface area contributed by atoms with Crippen molar-refractivity contribution in [2.75, 3.05) is 5.32 Å². The van der Waals surface area contributed by atoms with E-state index in [1.807, 2.05) is 6.92 Å². The molecule has 1 amide bonds. The molecule has 2 unspecified atom stereocenters. The predicted molar refractivity (Wildman–Crippen MR) is 95.6 cm³/mol. The van der Waals surface area contributed by atoms with Crippen LogP contribution in [0.5, 0.6) is 0 Å². The summed E-state index contributed by atoms with van der Waals surface area (Å²) < 4.78 is 33.3. The Hall–Kier alpha value is -1.63. The molecule has 0 aliphatic heterocycles. The summed E-state index contributed by atoms with van der Waals surface area (Å²) >= 11 is 0.967. The van der Waals surface area contributed by atoms with Gasteiger partial charge in [-0.25, -0.2) is 8.78 Å². The molecule has 1 rings (SSSR count). The summed E-state index contributed by atoms with van der Waals surface area (Å²) in [7, 11) is 0. The highest BCUT2D eigenvalue weighted by Gasteiger charge is 2.24. The highest BCUT2D eigenvalue weighted by molar-refractivity contribution is 8.00. The lowest BCUT2D eigenvalue weighted by atomic mass is 10.2. The maximum atomic E-state index is 14.1. The number of amides is 1. The molecule has 0 saturated heterocycles. The van der Waals surface area contributed by atoms with Gasteiger partial charge in [0.15, 0.2) is 0 Å². The number of carbonyl (C=O) groups excluding carboxylic acids is 2. The Morgan fingerprint density at radius 2 is 1.76 bits per heavy atom. The van der Waals surface area contributed by atoms with E-state index >= 15 is 0 Å². The van der Waals surface area contributed by atoms with Gasteiger partial charge in [0.05, 0.1) is 11.8 Å². The summed E-state index contributed by atoms with van der Waals surface area (Å²) in [6.07, 6.45) is 0.897. The van der Waals surface area contributed by atoms with Crippen LogP contribution in [0.4, 0.5) is 14.5 Å². The van der Waals surface area contributed by atoms with Crippen LogP contribution in [-0.4, -0.2) is 23.2 Å². The van der Waals surface area contributed by atoms with Gasteiger partial charge in [0.25, 0.3) is 0 Å². The van der Waals surface area contributed by atoms with E-state index in [1.54, 1.807) is 27.7 Å². The van der Waals surface area contributed by atoms with Crippen molar-refractivity contribution in [3.05, 3.63) is 23.8 Å². The molecule has 0 bridgehead atoms. The quantitative estimate of drug-likeness (QED) is 0.527. The van der Waals surface area contributed by atoms with Gasteiger partial charge in [-0.15, -0.1) is 11.8 Å². The molecule has 0 aliphatic carbocycles. The van der Waals surface area contributed by atoms with E-state index in [1.165, 1.54) is 6.07 Å². The van der Waals surface area contributed by atoms with E-state index in [9.17, 15) is 18.4 Å². The van der Waals surface area contributed by atoms with Crippen LogP contribution in [0.25, 0.3) is 0 Å². The summed E-state index contributed by atoms with van der Waals surface area (Å²) in [6, 6.07) is 1.93. The lowest BCUT2D eigenvalue weighted by Crippen LogP contribution is -2.24. The Balaban J connectivity index is 2.99. The number of halogens is 2. The molecular formula is C18H25F2NO3S. The number of nitrogens with one attached hydrogen (secondary N) is 1. The predicted octanol–water partition coefficient (Wildman–Crippen LogP) is 4.77. The molecule has 0 spiro atoms. The maximum Gasteiger partial charge on any atom is 0.319 e. The Labute approximate surface area is 151 Å². The second kappa shape index (κ2) is 9.75. The molecule has 7 heteroatoms.